The van der Waals surface area contributed by atoms with Crippen LogP contribution in [0.25, 0.3) is 0 Å². The highest BCUT2D eigenvalue weighted by atomic mass is 32.2. The van der Waals surface area contributed by atoms with Crippen molar-refractivity contribution in [1.82, 2.24) is 4.90 Å². The summed E-state index contributed by atoms with van der Waals surface area (Å²) in [6.45, 7) is 0.474. The molecule has 1 fully saturated rings. The maximum absolute atomic E-state index is 12.5. The van der Waals surface area contributed by atoms with Crippen LogP contribution in [0.4, 0.5) is 0 Å². The van der Waals surface area contributed by atoms with Crippen molar-refractivity contribution in [2.75, 3.05) is 18.8 Å². The molecule has 0 spiro atoms. The number of carbonyl (C=O) groups is 1. The molecule has 0 bridgehead atoms. The maximum atomic E-state index is 12.5. The number of sulfone groups is 1. The monoisotopic (exact) mass is 379 g/mol. The van der Waals surface area contributed by atoms with Gasteiger partial charge in [0.2, 0.25) is 0 Å². The van der Waals surface area contributed by atoms with E-state index < -0.39 is 27.1 Å². The number of aliphatic hydroxyl groups is 1. The van der Waals surface area contributed by atoms with E-state index in [2.05, 4.69) is 0 Å². The summed E-state index contributed by atoms with van der Waals surface area (Å²) in [7, 11) is -3.30. The molecule has 1 amide bonds. The maximum Gasteiger partial charge on any atom is 0.251 e. The number of nitrogens with zero attached hydrogens (tertiary/aromatic N) is 1. The number of rotatable bonds is 4. The minimum Gasteiger partial charge on any atom is -0.383 e. The molecule has 1 aliphatic rings. The fourth-order valence-corrected chi connectivity index (χ4v) is 6.10. The number of benzene rings is 1. The molecular formula is C18H21NO4S2. The SMILES string of the molecule is O=C(C(O)Cc1ccccc1)N1CCC(c2cccs2)S(=O)(=O)CC1. The van der Waals surface area contributed by atoms with Gasteiger partial charge in [0.05, 0.1) is 11.0 Å². The number of carbonyl (C=O) groups excluding carboxylic acids is 1. The Hall–Kier alpha value is -1.70. The standard InChI is InChI=1S/C18H21NO4S2/c20-15(13-14-5-2-1-3-6-14)18(21)19-9-8-17(16-7-4-11-24-16)25(22,23)12-10-19/h1-7,11,15,17,20H,8-10,12-13H2. The number of hydrogen-bond acceptors (Lipinski definition) is 5. The highest BCUT2D eigenvalue weighted by molar-refractivity contribution is 7.91. The van der Waals surface area contributed by atoms with Crippen LogP contribution in [-0.2, 0) is 21.1 Å². The van der Waals surface area contributed by atoms with E-state index in [1.807, 2.05) is 47.8 Å². The van der Waals surface area contributed by atoms with Gasteiger partial charge in [-0.2, -0.15) is 0 Å². The molecule has 5 nitrogen and oxygen atoms in total. The molecule has 1 N–H and O–H groups in total. The van der Waals surface area contributed by atoms with Crippen molar-refractivity contribution in [3.8, 4) is 0 Å². The molecule has 0 saturated carbocycles. The van der Waals surface area contributed by atoms with Crippen LogP contribution in [0, 0.1) is 0 Å². The Labute approximate surface area is 151 Å². The summed E-state index contributed by atoms with van der Waals surface area (Å²) in [6, 6.07) is 13.0. The molecule has 2 atom stereocenters. The molecule has 1 aromatic heterocycles. The molecule has 2 aromatic rings. The minimum absolute atomic E-state index is 0.0701. The first-order valence-corrected chi connectivity index (χ1v) is 10.8. The van der Waals surface area contributed by atoms with Crippen LogP contribution in [0.1, 0.15) is 22.1 Å². The van der Waals surface area contributed by atoms with Crippen molar-refractivity contribution in [1.29, 1.82) is 0 Å². The highest BCUT2D eigenvalue weighted by Gasteiger charge is 2.34. The quantitative estimate of drug-likeness (QED) is 0.882. The molecule has 2 unspecified atom stereocenters. The number of thiophene rings is 1. The van der Waals surface area contributed by atoms with Crippen molar-refractivity contribution >= 4 is 27.1 Å². The average molecular weight is 380 g/mol. The van der Waals surface area contributed by atoms with Gasteiger partial charge in [0.1, 0.15) is 6.10 Å². The van der Waals surface area contributed by atoms with Crippen molar-refractivity contribution in [2.24, 2.45) is 0 Å². The van der Waals surface area contributed by atoms with Crippen molar-refractivity contribution in [3.63, 3.8) is 0 Å². The van der Waals surface area contributed by atoms with Crippen LogP contribution < -0.4 is 0 Å². The molecule has 0 aliphatic carbocycles. The molecule has 1 aromatic carbocycles. The Kier molecular flexibility index (Phi) is 5.56. The molecule has 1 aliphatic heterocycles. The van der Waals surface area contributed by atoms with Gasteiger partial charge in [-0.1, -0.05) is 36.4 Å². The van der Waals surface area contributed by atoms with E-state index in [-0.39, 0.29) is 18.7 Å². The highest BCUT2D eigenvalue weighted by Crippen LogP contribution is 2.32. The normalized spacial score (nSPS) is 21.5. The van der Waals surface area contributed by atoms with Crippen LogP contribution in [0.5, 0.6) is 0 Å². The van der Waals surface area contributed by atoms with E-state index in [0.29, 0.717) is 13.0 Å². The zero-order valence-corrected chi connectivity index (χ0v) is 15.4. The Balaban J connectivity index is 1.68. The Morgan fingerprint density at radius 1 is 1.20 bits per heavy atom. The van der Waals surface area contributed by atoms with Gasteiger partial charge in [0.15, 0.2) is 9.84 Å². The summed E-state index contributed by atoms with van der Waals surface area (Å²) in [6.07, 6.45) is -0.549. The van der Waals surface area contributed by atoms with Gasteiger partial charge in [0.25, 0.3) is 5.91 Å². The molecule has 134 valence electrons. The summed E-state index contributed by atoms with van der Waals surface area (Å²) in [5.74, 6) is -0.467. The topological polar surface area (TPSA) is 74.7 Å². The second-order valence-electron chi connectivity index (χ2n) is 6.19. The van der Waals surface area contributed by atoms with Gasteiger partial charge in [-0.05, 0) is 23.4 Å². The van der Waals surface area contributed by atoms with Crippen LogP contribution in [-0.4, -0.2) is 49.3 Å². The van der Waals surface area contributed by atoms with Gasteiger partial charge in [-0.25, -0.2) is 8.42 Å². The molecule has 25 heavy (non-hydrogen) atoms. The van der Waals surface area contributed by atoms with Gasteiger partial charge in [-0.3, -0.25) is 4.79 Å². The van der Waals surface area contributed by atoms with Gasteiger partial charge >= 0.3 is 0 Å². The predicted molar refractivity (Wildman–Crippen MR) is 98.2 cm³/mol. The van der Waals surface area contributed by atoms with Crippen molar-refractivity contribution in [3.05, 3.63) is 58.3 Å². The van der Waals surface area contributed by atoms with E-state index in [1.165, 1.54) is 16.2 Å². The van der Waals surface area contributed by atoms with Crippen molar-refractivity contribution in [2.45, 2.75) is 24.2 Å². The zero-order valence-electron chi connectivity index (χ0n) is 13.7. The van der Waals surface area contributed by atoms with Crippen LogP contribution in [0.3, 0.4) is 0 Å². The van der Waals surface area contributed by atoms with E-state index in [4.69, 9.17) is 0 Å². The Morgan fingerprint density at radius 2 is 1.96 bits per heavy atom. The van der Waals surface area contributed by atoms with Crippen LogP contribution in [0.2, 0.25) is 0 Å². The zero-order chi connectivity index (χ0) is 17.9. The molecule has 0 radical (unpaired) electrons. The third-order valence-corrected chi connectivity index (χ3v) is 7.71. The fraction of sp³-hybridized carbons (Fsp3) is 0.389. The number of hydrogen-bond donors (Lipinski definition) is 1. The molecule has 1 saturated heterocycles. The lowest BCUT2D eigenvalue weighted by atomic mass is 10.1. The summed E-state index contributed by atoms with van der Waals surface area (Å²) >= 11 is 1.43. The molecule has 7 heteroatoms. The van der Waals surface area contributed by atoms with E-state index in [9.17, 15) is 18.3 Å². The smallest absolute Gasteiger partial charge is 0.251 e. The summed E-state index contributed by atoms with van der Waals surface area (Å²) in [5.41, 5.74) is 0.877. The summed E-state index contributed by atoms with van der Waals surface area (Å²) in [4.78, 5) is 14.8. The number of aliphatic hydroxyl groups excluding tert-OH is 1. The lowest BCUT2D eigenvalue weighted by molar-refractivity contribution is -0.139. The molecular weight excluding hydrogens is 358 g/mol. The number of amides is 1. The second-order valence-corrected chi connectivity index (χ2v) is 9.47. The first kappa shape index (κ1) is 18.1. The van der Waals surface area contributed by atoms with E-state index in [0.717, 1.165) is 10.4 Å². The van der Waals surface area contributed by atoms with Gasteiger partial charge in [0, 0.05) is 24.4 Å². The molecule has 3 rings (SSSR count). The lowest BCUT2D eigenvalue weighted by Crippen LogP contribution is -2.41. The Bertz CT molecular complexity index is 803. The van der Waals surface area contributed by atoms with Crippen LogP contribution in [0.15, 0.2) is 47.8 Å². The Morgan fingerprint density at radius 3 is 2.64 bits per heavy atom. The van der Waals surface area contributed by atoms with E-state index in [1.54, 1.807) is 0 Å². The van der Waals surface area contributed by atoms with Gasteiger partial charge in [-0.15, -0.1) is 11.3 Å². The lowest BCUT2D eigenvalue weighted by Gasteiger charge is -2.23. The predicted octanol–water partition coefficient (Wildman–Crippen LogP) is 2.04. The van der Waals surface area contributed by atoms with Gasteiger partial charge < -0.3 is 10.0 Å². The van der Waals surface area contributed by atoms with Crippen molar-refractivity contribution < 1.29 is 18.3 Å². The molecule has 2 heterocycles. The fourth-order valence-electron chi connectivity index (χ4n) is 3.09. The van der Waals surface area contributed by atoms with E-state index >= 15 is 0 Å². The van der Waals surface area contributed by atoms with Crippen LogP contribution >= 0.6 is 11.3 Å². The largest absolute Gasteiger partial charge is 0.383 e. The first-order chi connectivity index (χ1) is 12.0. The first-order valence-electron chi connectivity index (χ1n) is 8.23. The second kappa shape index (κ2) is 7.68. The minimum atomic E-state index is -3.30. The third kappa shape index (κ3) is 4.29. The average Bonchev–Trinajstić information content (AvgIpc) is 3.06. The summed E-state index contributed by atoms with van der Waals surface area (Å²) in [5, 5.41) is 11.6. The summed E-state index contributed by atoms with van der Waals surface area (Å²) < 4.78 is 25.1. The third-order valence-electron chi connectivity index (χ3n) is 4.47.